The number of fused-ring (bicyclic) bond motifs is 2. The summed E-state index contributed by atoms with van der Waals surface area (Å²) in [6.45, 7) is 4.71. The third-order valence-electron chi connectivity index (χ3n) is 6.63. The van der Waals surface area contributed by atoms with Gasteiger partial charge < -0.3 is 20.6 Å². The molecule has 2 aliphatic heterocycles. The molecule has 8 nitrogen and oxygen atoms in total. The van der Waals surface area contributed by atoms with Crippen molar-refractivity contribution in [3.63, 3.8) is 0 Å². The van der Waals surface area contributed by atoms with Crippen LogP contribution >= 0.6 is 46.4 Å². The highest BCUT2D eigenvalue weighted by atomic mass is 35.5. The van der Waals surface area contributed by atoms with E-state index in [1.807, 2.05) is 0 Å². The fourth-order valence-corrected chi connectivity index (χ4v) is 6.61. The van der Waals surface area contributed by atoms with Crippen LogP contribution in [0, 0.1) is 17.8 Å². The second-order valence-corrected chi connectivity index (χ2v) is 10.9. The minimum Gasteiger partial charge on any atom is -0.481 e. The number of benzene rings is 2. The molecule has 3 N–H and O–H groups in total. The second kappa shape index (κ2) is 9.41. The number of likely N-dealkylation sites (tertiary alicyclic amines) is 1. The molecule has 4 atom stereocenters. The average Bonchev–Trinajstić information content (AvgIpc) is 3.22. The molecular weight excluding hydrogens is 552 g/mol. The molecule has 36 heavy (non-hydrogen) atoms. The molecule has 1 fully saturated rings. The minimum absolute atomic E-state index is 0.0814. The number of nitrogens with zero attached hydrogens (tertiary/aromatic N) is 1. The predicted molar refractivity (Wildman–Crippen MR) is 138 cm³/mol. The van der Waals surface area contributed by atoms with Gasteiger partial charge in [-0.1, -0.05) is 60.3 Å². The molecule has 0 saturated carbocycles. The highest BCUT2D eigenvalue weighted by Gasteiger charge is 2.72. The van der Waals surface area contributed by atoms with E-state index >= 15 is 0 Å². The number of carbonyl (C=O) groups is 4. The maximum Gasteiger partial charge on any atom is 0.310 e. The van der Waals surface area contributed by atoms with Crippen molar-refractivity contribution in [2.45, 2.75) is 32.4 Å². The molecule has 1 spiro atoms. The van der Waals surface area contributed by atoms with E-state index in [2.05, 4.69) is 10.6 Å². The summed E-state index contributed by atoms with van der Waals surface area (Å²) in [5, 5.41) is 16.5. The van der Waals surface area contributed by atoms with Crippen molar-refractivity contribution >= 4 is 81.5 Å². The lowest BCUT2D eigenvalue weighted by Crippen LogP contribution is -2.56. The van der Waals surface area contributed by atoms with Crippen LogP contribution in [0.1, 0.15) is 26.3 Å². The van der Waals surface area contributed by atoms with E-state index in [-0.39, 0.29) is 37.0 Å². The number of halogens is 4. The molecule has 4 unspecified atom stereocenters. The molecule has 2 heterocycles. The standard InChI is InChI=1S/C24H21Cl4N3O5/c1-9(2)20-17(21(33)29-14-5-11(25)4-12(26)6-14)18(22(34)35)24(31(20)10(3)32)15-7-13(27)8-16(28)19(15)30-23(24)36/h4-9,17-18,20H,1-3H3,(H,29,33)(H,30,36)(H,34,35). The van der Waals surface area contributed by atoms with Crippen LogP contribution in [0.4, 0.5) is 11.4 Å². The Morgan fingerprint density at radius 2 is 1.61 bits per heavy atom. The van der Waals surface area contributed by atoms with Crippen molar-refractivity contribution < 1.29 is 24.3 Å². The van der Waals surface area contributed by atoms with E-state index in [0.717, 1.165) is 0 Å². The van der Waals surface area contributed by atoms with Gasteiger partial charge in [-0.25, -0.2) is 0 Å². The largest absolute Gasteiger partial charge is 0.481 e. The van der Waals surface area contributed by atoms with Crippen LogP contribution in [0.3, 0.4) is 0 Å². The first kappa shape index (κ1) is 26.5. The third-order valence-corrected chi connectivity index (χ3v) is 7.58. The average molecular weight is 573 g/mol. The Labute approximate surface area is 226 Å². The molecule has 4 rings (SSSR count). The van der Waals surface area contributed by atoms with Crippen LogP contribution in [0.2, 0.25) is 20.1 Å². The van der Waals surface area contributed by atoms with Crippen LogP contribution in [0.15, 0.2) is 30.3 Å². The van der Waals surface area contributed by atoms with Crippen molar-refractivity contribution in [3.05, 3.63) is 56.0 Å². The fourth-order valence-electron chi connectivity index (χ4n) is 5.54. The lowest BCUT2D eigenvalue weighted by Gasteiger charge is -2.39. The molecule has 0 bridgehead atoms. The number of rotatable bonds is 4. The first-order valence-electron chi connectivity index (χ1n) is 10.9. The number of nitrogens with one attached hydrogen (secondary N) is 2. The van der Waals surface area contributed by atoms with Crippen LogP contribution in [0.5, 0.6) is 0 Å². The Balaban J connectivity index is 1.97. The topological polar surface area (TPSA) is 116 Å². The van der Waals surface area contributed by atoms with Gasteiger partial charge in [0.15, 0.2) is 5.54 Å². The molecule has 3 amide bonds. The van der Waals surface area contributed by atoms with Crippen LogP contribution in [0.25, 0.3) is 0 Å². The molecule has 2 aromatic rings. The molecular formula is C24H21Cl4N3O5. The summed E-state index contributed by atoms with van der Waals surface area (Å²) < 4.78 is 0. The Morgan fingerprint density at radius 1 is 1.03 bits per heavy atom. The van der Waals surface area contributed by atoms with E-state index in [1.54, 1.807) is 13.8 Å². The summed E-state index contributed by atoms with van der Waals surface area (Å²) in [7, 11) is 0. The molecule has 12 heteroatoms. The normalized spacial score (nSPS) is 24.7. The summed E-state index contributed by atoms with van der Waals surface area (Å²) in [6.07, 6.45) is 0. The van der Waals surface area contributed by atoms with Gasteiger partial charge in [-0.05, 0) is 36.2 Å². The van der Waals surface area contributed by atoms with Crippen LogP contribution in [-0.2, 0) is 24.7 Å². The lowest BCUT2D eigenvalue weighted by molar-refractivity contribution is -0.155. The van der Waals surface area contributed by atoms with Gasteiger partial charge in [0.1, 0.15) is 5.92 Å². The zero-order valence-corrected chi connectivity index (χ0v) is 22.3. The Morgan fingerprint density at radius 3 is 2.14 bits per heavy atom. The summed E-state index contributed by atoms with van der Waals surface area (Å²) >= 11 is 24.7. The summed E-state index contributed by atoms with van der Waals surface area (Å²) in [5.74, 6) is -6.93. The monoisotopic (exact) mass is 571 g/mol. The summed E-state index contributed by atoms with van der Waals surface area (Å²) in [6, 6.07) is 6.22. The SMILES string of the molecule is CC(=O)N1C(C(C)C)C(C(=O)Nc2cc(Cl)cc(Cl)c2)C(C(=O)O)C12C(=O)Nc1c(Cl)cc(Cl)cc12. The summed E-state index contributed by atoms with van der Waals surface area (Å²) in [5.41, 5.74) is -1.56. The fraction of sp³-hybridized carbons (Fsp3) is 0.333. The van der Waals surface area contributed by atoms with Gasteiger partial charge in [-0.15, -0.1) is 0 Å². The van der Waals surface area contributed by atoms with Gasteiger partial charge in [0.2, 0.25) is 11.8 Å². The minimum atomic E-state index is -2.07. The quantitative estimate of drug-likeness (QED) is 0.460. The number of aliphatic carboxylic acids is 1. The predicted octanol–water partition coefficient (Wildman–Crippen LogP) is 5.29. The molecule has 0 radical (unpaired) electrons. The number of hydrogen-bond donors (Lipinski definition) is 3. The Kier molecular flexibility index (Phi) is 6.94. The van der Waals surface area contributed by atoms with Gasteiger partial charge >= 0.3 is 5.97 Å². The van der Waals surface area contributed by atoms with Gasteiger partial charge in [0, 0.05) is 39.3 Å². The molecule has 1 saturated heterocycles. The zero-order chi connectivity index (χ0) is 26.7. The van der Waals surface area contributed by atoms with Crippen LogP contribution < -0.4 is 10.6 Å². The molecule has 190 valence electrons. The maximum absolute atomic E-state index is 13.7. The van der Waals surface area contributed by atoms with Gasteiger partial charge in [-0.2, -0.15) is 0 Å². The van der Waals surface area contributed by atoms with Crippen LogP contribution in [-0.4, -0.2) is 39.7 Å². The van der Waals surface area contributed by atoms with Crippen molar-refractivity contribution in [1.29, 1.82) is 0 Å². The number of hydrogen-bond acceptors (Lipinski definition) is 4. The van der Waals surface area contributed by atoms with E-state index in [9.17, 15) is 24.3 Å². The number of carboxylic acid groups (broad SMARTS) is 1. The van der Waals surface area contributed by atoms with Gasteiger partial charge in [-0.3, -0.25) is 19.2 Å². The smallest absolute Gasteiger partial charge is 0.310 e. The van der Waals surface area contributed by atoms with Gasteiger partial charge in [0.25, 0.3) is 5.91 Å². The summed E-state index contributed by atoms with van der Waals surface area (Å²) in [4.78, 5) is 54.7. The third kappa shape index (κ3) is 4.00. The van der Waals surface area contributed by atoms with E-state index in [4.69, 9.17) is 46.4 Å². The first-order chi connectivity index (χ1) is 16.8. The van der Waals surface area contributed by atoms with Crippen molar-refractivity contribution in [2.24, 2.45) is 17.8 Å². The van der Waals surface area contributed by atoms with E-state index < -0.39 is 53.0 Å². The highest BCUT2D eigenvalue weighted by molar-refractivity contribution is 6.38. The molecule has 2 aliphatic rings. The number of anilines is 2. The maximum atomic E-state index is 13.7. The lowest BCUT2D eigenvalue weighted by atomic mass is 9.73. The Hall–Kier alpha value is -2.52. The number of amides is 3. The molecule has 2 aromatic carbocycles. The molecule has 0 aromatic heterocycles. The van der Waals surface area contributed by atoms with E-state index in [0.29, 0.717) is 0 Å². The highest BCUT2D eigenvalue weighted by Crippen LogP contribution is 2.58. The first-order valence-corrected chi connectivity index (χ1v) is 12.4. The second-order valence-electron chi connectivity index (χ2n) is 9.14. The van der Waals surface area contributed by atoms with Crippen molar-refractivity contribution in [1.82, 2.24) is 4.90 Å². The zero-order valence-electron chi connectivity index (χ0n) is 19.2. The Bertz CT molecular complexity index is 1300. The molecule has 0 aliphatic carbocycles. The number of carbonyl (C=O) groups excluding carboxylic acids is 3. The van der Waals surface area contributed by atoms with Crippen molar-refractivity contribution in [2.75, 3.05) is 10.6 Å². The number of carboxylic acids is 1. The van der Waals surface area contributed by atoms with Crippen molar-refractivity contribution in [3.8, 4) is 0 Å². The van der Waals surface area contributed by atoms with E-state index in [1.165, 1.54) is 42.2 Å². The van der Waals surface area contributed by atoms with Gasteiger partial charge in [0.05, 0.1) is 16.6 Å².